The van der Waals surface area contributed by atoms with Gasteiger partial charge in [-0.2, -0.15) is 5.10 Å². The van der Waals surface area contributed by atoms with Gasteiger partial charge in [0.1, 0.15) is 4.90 Å². The maximum atomic E-state index is 11.6. The Bertz CT molecular complexity index is 373. The molecule has 0 saturated carbocycles. The smallest absolute Gasteiger partial charge is 0.243 e. The Kier molecular flexibility index (Phi) is 4.25. The summed E-state index contributed by atoms with van der Waals surface area (Å²) in [6.07, 6.45) is 4.32. The Hall–Kier alpha value is -0.920. The number of hydrogen-bond donors (Lipinski definition) is 3. The molecule has 0 aliphatic carbocycles. The van der Waals surface area contributed by atoms with E-state index in [9.17, 15) is 8.42 Å². The second-order valence-electron chi connectivity index (χ2n) is 3.33. The Morgan fingerprint density at radius 1 is 1.67 bits per heavy atom. The highest BCUT2D eigenvalue weighted by atomic mass is 32.2. The van der Waals surface area contributed by atoms with Crippen molar-refractivity contribution in [2.45, 2.75) is 30.7 Å². The van der Waals surface area contributed by atoms with Gasteiger partial charge in [0, 0.05) is 18.8 Å². The number of nitrogens with one attached hydrogen (secondary N) is 2. The predicted molar refractivity (Wildman–Crippen MR) is 56.7 cm³/mol. The Balaban J connectivity index is 2.52. The van der Waals surface area contributed by atoms with Crippen molar-refractivity contribution in [3.63, 3.8) is 0 Å². The third-order valence-electron chi connectivity index (χ3n) is 1.98. The summed E-state index contributed by atoms with van der Waals surface area (Å²) in [6, 6.07) is -0.142. The minimum absolute atomic E-state index is 0.131. The highest BCUT2D eigenvalue weighted by Gasteiger charge is 2.15. The topological polar surface area (TPSA) is 101 Å². The summed E-state index contributed by atoms with van der Waals surface area (Å²) >= 11 is 0. The van der Waals surface area contributed by atoms with Gasteiger partial charge in [-0.25, -0.2) is 13.1 Å². The average molecular weight is 232 g/mol. The molecule has 4 N–H and O–H groups in total. The molecule has 86 valence electrons. The summed E-state index contributed by atoms with van der Waals surface area (Å²) in [5.74, 6) is 0. The van der Waals surface area contributed by atoms with Crippen molar-refractivity contribution < 1.29 is 8.42 Å². The minimum Gasteiger partial charge on any atom is -0.327 e. The third kappa shape index (κ3) is 3.61. The van der Waals surface area contributed by atoms with Crippen LogP contribution in [0.1, 0.15) is 19.8 Å². The van der Waals surface area contributed by atoms with E-state index in [0.717, 1.165) is 12.8 Å². The average Bonchev–Trinajstić information content (AvgIpc) is 2.69. The second-order valence-corrected chi connectivity index (χ2v) is 5.10. The number of aromatic nitrogens is 2. The Labute approximate surface area is 89.3 Å². The van der Waals surface area contributed by atoms with Gasteiger partial charge in [0.25, 0.3) is 0 Å². The van der Waals surface area contributed by atoms with Crippen molar-refractivity contribution in [1.29, 1.82) is 0 Å². The fourth-order valence-corrected chi connectivity index (χ4v) is 2.16. The first-order valence-electron chi connectivity index (χ1n) is 4.80. The molecule has 1 rings (SSSR count). The number of aromatic amines is 1. The van der Waals surface area contributed by atoms with Crippen molar-refractivity contribution in [1.82, 2.24) is 14.9 Å². The summed E-state index contributed by atoms with van der Waals surface area (Å²) < 4.78 is 25.6. The summed E-state index contributed by atoms with van der Waals surface area (Å²) in [4.78, 5) is 0.131. The van der Waals surface area contributed by atoms with Gasteiger partial charge in [0.2, 0.25) is 10.0 Å². The van der Waals surface area contributed by atoms with Crippen LogP contribution >= 0.6 is 0 Å². The molecule has 1 unspecified atom stereocenters. The Morgan fingerprint density at radius 3 is 2.93 bits per heavy atom. The van der Waals surface area contributed by atoms with E-state index in [-0.39, 0.29) is 17.5 Å². The molecule has 0 bridgehead atoms. The molecule has 0 saturated heterocycles. The van der Waals surface area contributed by atoms with Gasteiger partial charge < -0.3 is 5.73 Å². The summed E-state index contributed by atoms with van der Waals surface area (Å²) in [5, 5.41) is 6.02. The molecule has 0 aliphatic rings. The van der Waals surface area contributed by atoms with Crippen molar-refractivity contribution in [2.24, 2.45) is 5.73 Å². The number of H-pyrrole nitrogens is 1. The molecule has 0 spiro atoms. The van der Waals surface area contributed by atoms with Gasteiger partial charge >= 0.3 is 0 Å². The number of nitrogens with two attached hydrogens (primary N) is 1. The van der Waals surface area contributed by atoms with Gasteiger partial charge in [-0.05, 0) is 6.42 Å². The van der Waals surface area contributed by atoms with Crippen LogP contribution in [0.3, 0.4) is 0 Å². The minimum atomic E-state index is -3.45. The monoisotopic (exact) mass is 232 g/mol. The lowest BCUT2D eigenvalue weighted by molar-refractivity contribution is 0.553. The maximum Gasteiger partial charge on any atom is 0.243 e. The quantitative estimate of drug-likeness (QED) is 0.633. The highest BCUT2D eigenvalue weighted by Crippen LogP contribution is 2.04. The number of sulfonamides is 1. The lowest BCUT2D eigenvalue weighted by Gasteiger charge is -2.10. The van der Waals surface area contributed by atoms with Crippen LogP contribution in [-0.2, 0) is 10.0 Å². The van der Waals surface area contributed by atoms with E-state index in [1.807, 2.05) is 6.92 Å². The first-order valence-corrected chi connectivity index (χ1v) is 6.28. The Morgan fingerprint density at radius 2 is 2.40 bits per heavy atom. The molecule has 15 heavy (non-hydrogen) atoms. The molecule has 0 aliphatic heterocycles. The normalized spacial score (nSPS) is 14.0. The molecule has 0 aromatic carbocycles. The fraction of sp³-hybridized carbons (Fsp3) is 0.625. The zero-order valence-electron chi connectivity index (χ0n) is 8.60. The molecular weight excluding hydrogens is 216 g/mol. The standard InChI is InChI=1S/C8H16N4O2S/c1-2-3-7(9)4-12-15(13,14)8-5-10-11-6-8/h5-7,12H,2-4,9H2,1H3,(H,10,11). The van der Waals surface area contributed by atoms with E-state index < -0.39 is 10.0 Å². The molecule has 1 aromatic rings. The molecule has 0 amide bonds. The molecule has 0 radical (unpaired) electrons. The van der Waals surface area contributed by atoms with Crippen LogP contribution < -0.4 is 10.5 Å². The molecule has 1 atom stereocenters. The number of hydrogen-bond acceptors (Lipinski definition) is 4. The van der Waals surface area contributed by atoms with Crippen molar-refractivity contribution >= 4 is 10.0 Å². The lowest BCUT2D eigenvalue weighted by Crippen LogP contribution is -2.36. The van der Waals surface area contributed by atoms with E-state index in [0.29, 0.717) is 0 Å². The van der Waals surface area contributed by atoms with Crippen molar-refractivity contribution in [3.05, 3.63) is 12.4 Å². The summed E-state index contributed by atoms with van der Waals surface area (Å²) in [7, 11) is -3.45. The van der Waals surface area contributed by atoms with Gasteiger partial charge in [-0.3, -0.25) is 5.10 Å². The third-order valence-corrected chi connectivity index (χ3v) is 3.37. The highest BCUT2D eigenvalue weighted by molar-refractivity contribution is 7.89. The molecule has 0 fully saturated rings. The molecule has 6 nitrogen and oxygen atoms in total. The first-order chi connectivity index (χ1) is 7.06. The number of nitrogens with zero attached hydrogens (tertiary/aromatic N) is 1. The SMILES string of the molecule is CCCC(N)CNS(=O)(=O)c1cn[nH]c1. The number of rotatable bonds is 6. The van der Waals surface area contributed by atoms with E-state index in [1.165, 1.54) is 12.4 Å². The summed E-state index contributed by atoms with van der Waals surface area (Å²) in [5.41, 5.74) is 5.69. The van der Waals surface area contributed by atoms with Gasteiger partial charge in [0.05, 0.1) is 6.20 Å². The zero-order chi connectivity index (χ0) is 11.3. The summed E-state index contributed by atoms with van der Waals surface area (Å²) in [6.45, 7) is 2.26. The van der Waals surface area contributed by atoms with Crippen LogP contribution in [0.15, 0.2) is 17.3 Å². The van der Waals surface area contributed by atoms with E-state index in [4.69, 9.17) is 5.73 Å². The molecule has 7 heteroatoms. The lowest BCUT2D eigenvalue weighted by atomic mass is 10.2. The fourth-order valence-electron chi connectivity index (χ4n) is 1.16. The van der Waals surface area contributed by atoms with E-state index in [2.05, 4.69) is 14.9 Å². The van der Waals surface area contributed by atoms with Gasteiger partial charge in [-0.1, -0.05) is 13.3 Å². The first kappa shape index (κ1) is 12.2. The second kappa shape index (κ2) is 5.24. The van der Waals surface area contributed by atoms with E-state index in [1.54, 1.807) is 0 Å². The maximum absolute atomic E-state index is 11.6. The van der Waals surface area contributed by atoms with Crippen molar-refractivity contribution in [3.8, 4) is 0 Å². The molecule has 1 aromatic heterocycles. The van der Waals surface area contributed by atoms with E-state index >= 15 is 0 Å². The van der Waals surface area contributed by atoms with Gasteiger partial charge in [-0.15, -0.1) is 0 Å². The van der Waals surface area contributed by atoms with Gasteiger partial charge in [0.15, 0.2) is 0 Å². The van der Waals surface area contributed by atoms with Crippen LogP contribution in [0.2, 0.25) is 0 Å². The largest absolute Gasteiger partial charge is 0.327 e. The van der Waals surface area contributed by atoms with Crippen LogP contribution in [-0.4, -0.2) is 31.2 Å². The van der Waals surface area contributed by atoms with Crippen LogP contribution in [0.25, 0.3) is 0 Å². The molecular formula is C8H16N4O2S. The van der Waals surface area contributed by atoms with Crippen molar-refractivity contribution in [2.75, 3.05) is 6.54 Å². The predicted octanol–water partition coefficient (Wildman–Crippen LogP) is -0.185. The van der Waals surface area contributed by atoms with Crippen LogP contribution in [0.5, 0.6) is 0 Å². The van der Waals surface area contributed by atoms with Crippen LogP contribution in [0.4, 0.5) is 0 Å². The zero-order valence-corrected chi connectivity index (χ0v) is 9.42. The van der Waals surface area contributed by atoms with Crippen LogP contribution in [0, 0.1) is 0 Å². The molecule has 1 heterocycles.